The van der Waals surface area contributed by atoms with Crippen molar-refractivity contribution in [3.05, 3.63) is 17.0 Å². The van der Waals surface area contributed by atoms with Crippen LogP contribution in [0, 0.1) is 25.2 Å². The summed E-state index contributed by atoms with van der Waals surface area (Å²) in [6.45, 7) is 6.15. The summed E-state index contributed by atoms with van der Waals surface area (Å²) in [5.74, 6) is 0. The SMILES string of the molecule is Cc1nn(C(C)C#N)c(C)c1CN. The Bertz CT molecular complexity index is 345. The Morgan fingerprint density at radius 1 is 1.62 bits per heavy atom. The molecule has 2 N–H and O–H groups in total. The highest BCUT2D eigenvalue weighted by atomic mass is 15.3. The van der Waals surface area contributed by atoms with Crippen molar-refractivity contribution in [3.8, 4) is 6.07 Å². The van der Waals surface area contributed by atoms with Crippen molar-refractivity contribution in [2.45, 2.75) is 33.4 Å². The van der Waals surface area contributed by atoms with E-state index < -0.39 is 0 Å². The van der Waals surface area contributed by atoms with Gasteiger partial charge in [-0.3, -0.25) is 4.68 Å². The summed E-state index contributed by atoms with van der Waals surface area (Å²) in [5.41, 5.74) is 8.53. The number of aryl methyl sites for hydroxylation is 1. The molecule has 1 unspecified atom stereocenters. The summed E-state index contributed by atoms with van der Waals surface area (Å²) in [5, 5.41) is 13.0. The summed E-state index contributed by atoms with van der Waals surface area (Å²) < 4.78 is 1.72. The second-order valence-electron chi connectivity index (χ2n) is 3.10. The molecule has 0 saturated carbocycles. The minimum absolute atomic E-state index is 0.223. The Balaban J connectivity index is 3.19. The average molecular weight is 178 g/mol. The lowest BCUT2D eigenvalue weighted by atomic mass is 10.2. The van der Waals surface area contributed by atoms with E-state index in [4.69, 9.17) is 11.0 Å². The molecule has 0 aliphatic heterocycles. The Kier molecular flexibility index (Phi) is 2.69. The molecule has 1 heterocycles. The topological polar surface area (TPSA) is 67.6 Å². The smallest absolute Gasteiger partial charge is 0.136 e. The monoisotopic (exact) mass is 178 g/mol. The first-order valence-corrected chi connectivity index (χ1v) is 4.26. The van der Waals surface area contributed by atoms with Crippen LogP contribution in [0.25, 0.3) is 0 Å². The second-order valence-corrected chi connectivity index (χ2v) is 3.10. The van der Waals surface area contributed by atoms with Crippen LogP contribution in [0.2, 0.25) is 0 Å². The number of hydrogen-bond donors (Lipinski definition) is 1. The first-order valence-electron chi connectivity index (χ1n) is 4.26. The van der Waals surface area contributed by atoms with Gasteiger partial charge in [-0.05, 0) is 20.8 Å². The number of rotatable bonds is 2. The van der Waals surface area contributed by atoms with Gasteiger partial charge in [0.25, 0.3) is 0 Å². The maximum Gasteiger partial charge on any atom is 0.136 e. The van der Waals surface area contributed by atoms with E-state index in [9.17, 15) is 0 Å². The standard InChI is InChI=1S/C9H14N4/c1-6(4-10)13-8(3)9(5-11)7(2)12-13/h6H,5,11H2,1-3H3. The fourth-order valence-corrected chi connectivity index (χ4v) is 1.42. The van der Waals surface area contributed by atoms with Crippen LogP contribution in [-0.4, -0.2) is 9.78 Å². The Morgan fingerprint density at radius 3 is 2.62 bits per heavy atom. The van der Waals surface area contributed by atoms with E-state index in [0.29, 0.717) is 6.54 Å². The molecule has 1 rings (SSSR count). The minimum atomic E-state index is -0.223. The first-order chi connectivity index (χ1) is 6.11. The third-order valence-electron chi connectivity index (χ3n) is 2.23. The molecule has 4 heteroatoms. The van der Waals surface area contributed by atoms with Crippen molar-refractivity contribution in [1.82, 2.24) is 9.78 Å². The molecular weight excluding hydrogens is 164 g/mol. The van der Waals surface area contributed by atoms with E-state index >= 15 is 0 Å². The summed E-state index contributed by atoms with van der Waals surface area (Å²) >= 11 is 0. The summed E-state index contributed by atoms with van der Waals surface area (Å²) in [4.78, 5) is 0. The van der Waals surface area contributed by atoms with Crippen LogP contribution < -0.4 is 5.73 Å². The van der Waals surface area contributed by atoms with E-state index in [1.165, 1.54) is 0 Å². The molecule has 0 radical (unpaired) electrons. The zero-order valence-corrected chi connectivity index (χ0v) is 8.20. The van der Waals surface area contributed by atoms with Gasteiger partial charge in [-0.25, -0.2) is 0 Å². The van der Waals surface area contributed by atoms with Gasteiger partial charge < -0.3 is 5.73 Å². The fourth-order valence-electron chi connectivity index (χ4n) is 1.42. The molecule has 70 valence electrons. The van der Waals surface area contributed by atoms with Crippen molar-refractivity contribution >= 4 is 0 Å². The number of aromatic nitrogens is 2. The summed E-state index contributed by atoms with van der Waals surface area (Å²) in [6, 6.07) is 1.92. The lowest BCUT2D eigenvalue weighted by Crippen LogP contribution is -2.07. The van der Waals surface area contributed by atoms with Crippen molar-refractivity contribution in [2.24, 2.45) is 5.73 Å². The van der Waals surface area contributed by atoms with E-state index in [1.807, 2.05) is 20.8 Å². The number of nitriles is 1. The highest BCUT2D eigenvalue weighted by Gasteiger charge is 2.13. The van der Waals surface area contributed by atoms with Crippen molar-refractivity contribution in [1.29, 1.82) is 5.26 Å². The number of hydrogen-bond acceptors (Lipinski definition) is 3. The molecule has 1 atom stereocenters. The number of nitrogens with two attached hydrogens (primary N) is 1. The zero-order valence-electron chi connectivity index (χ0n) is 8.20. The van der Waals surface area contributed by atoms with E-state index in [1.54, 1.807) is 4.68 Å². The normalized spacial score (nSPS) is 12.5. The molecule has 0 fully saturated rings. The Labute approximate surface area is 78.0 Å². The largest absolute Gasteiger partial charge is 0.326 e. The quantitative estimate of drug-likeness (QED) is 0.735. The molecule has 0 saturated heterocycles. The van der Waals surface area contributed by atoms with Gasteiger partial charge in [0.15, 0.2) is 0 Å². The van der Waals surface area contributed by atoms with Crippen LogP contribution in [0.1, 0.15) is 29.9 Å². The molecule has 1 aromatic rings. The third kappa shape index (κ3) is 1.56. The van der Waals surface area contributed by atoms with E-state index in [0.717, 1.165) is 17.0 Å². The van der Waals surface area contributed by atoms with Crippen LogP contribution in [0.5, 0.6) is 0 Å². The van der Waals surface area contributed by atoms with Gasteiger partial charge in [0.1, 0.15) is 6.04 Å². The van der Waals surface area contributed by atoms with Gasteiger partial charge in [-0.1, -0.05) is 0 Å². The van der Waals surface area contributed by atoms with Crippen LogP contribution in [0.4, 0.5) is 0 Å². The van der Waals surface area contributed by atoms with Crippen LogP contribution in [-0.2, 0) is 6.54 Å². The highest BCUT2D eigenvalue weighted by molar-refractivity contribution is 5.25. The molecule has 4 nitrogen and oxygen atoms in total. The van der Waals surface area contributed by atoms with Gasteiger partial charge >= 0.3 is 0 Å². The zero-order chi connectivity index (χ0) is 10.0. The lowest BCUT2D eigenvalue weighted by Gasteiger charge is -2.05. The predicted molar refractivity (Wildman–Crippen MR) is 49.9 cm³/mol. The lowest BCUT2D eigenvalue weighted by molar-refractivity contribution is 0.570. The molecule has 0 bridgehead atoms. The second kappa shape index (κ2) is 3.58. The maximum absolute atomic E-state index is 8.74. The first kappa shape index (κ1) is 9.75. The maximum atomic E-state index is 8.74. The van der Waals surface area contributed by atoms with Crippen LogP contribution in [0.3, 0.4) is 0 Å². The van der Waals surface area contributed by atoms with Gasteiger partial charge in [-0.2, -0.15) is 10.4 Å². The molecule has 0 spiro atoms. The number of nitrogens with zero attached hydrogens (tertiary/aromatic N) is 3. The minimum Gasteiger partial charge on any atom is -0.326 e. The molecule has 0 aliphatic carbocycles. The molecule has 0 aromatic carbocycles. The van der Waals surface area contributed by atoms with Crippen LogP contribution >= 0.6 is 0 Å². The predicted octanol–water partition coefficient (Wildman–Crippen LogP) is 1.04. The Morgan fingerprint density at radius 2 is 2.23 bits per heavy atom. The van der Waals surface area contributed by atoms with Gasteiger partial charge in [0.05, 0.1) is 11.8 Å². The summed E-state index contributed by atoms with van der Waals surface area (Å²) in [7, 11) is 0. The van der Waals surface area contributed by atoms with Gasteiger partial charge in [-0.15, -0.1) is 0 Å². The van der Waals surface area contributed by atoms with Crippen molar-refractivity contribution < 1.29 is 0 Å². The molecule has 0 aliphatic rings. The molecule has 0 amide bonds. The third-order valence-corrected chi connectivity index (χ3v) is 2.23. The van der Waals surface area contributed by atoms with Gasteiger partial charge in [0.2, 0.25) is 0 Å². The van der Waals surface area contributed by atoms with Gasteiger partial charge in [0, 0.05) is 17.8 Å². The van der Waals surface area contributed by atoms with Crippen molar-refractivity contribution in [2.75, 3.05) is 0 Å². The summed E-state index contributed by atoms with van der Waals surface area (Å²) in [6.07, 6.45) is 0. The fraction of sp³-hybridized carbons (Fsp3) is 0.556. The molecule has 1 aromatic heterocycles. The van der Waals surface area contributed by atoms with Crippen molar-refractivity contribution in [3.63, 3.8) is 0 Å². The van der Waals surface area contributed by atoms with E-state index in [2.05, 4.69) is 11.2 Å². The highest BCUT2D eigenvalue weighted by Crippen LogP contribution is 2.15. The molecular formula is C9H14N4. The average Bonchev–Trinajstić information content (AvgIpc) is 2.40. The molecule has 13 heavy (non-hydrogen) atoms. The van der Waals surface area contributed by atoms with E-state index in [-0.39, 0.29) is 6.04 Å². The van der Waals surface area contributed by atoms with Crippen LogP contribution in [0.15, 0.2) is 0 Å². The Hall–Kier alpha value is -1.34.